The van der Waals surface area contributed by atoms with E-state index < -0.39 is 16.0 Å². The van der Waals surface area contributed by atoms with Crippen LogP contribution in [0.5, 0.6) is 5.75 Å². The Morgan fingerprint density at radius 2 is 1.69 bits per heavy atom. The largest absolute Gasteiger partial charge is 0.494 e. The maximum Gasteiger partial charge on any atom is 0.309 e. The highest BCUT2D eigenvalue weighted by atomic mass is 32.2. The highest BCUT2D eigenvalue weighted by Gasteiger charge is 2.42. The average molecular weight is 594 g/mol. The molecule has 6 rings (SSSR count). The third-order valence-corrected chi connectivity index (χ3v) is 11.6. The number of carbonyl (C=O) groups is 1. The molecule has 0 unspecified atom stereocenters. The molecule has 0 spiro atoms. The summed E-state index contributed by atoms with van der Waals surface area (Å²) in [6.07, 6.45) is 11.7. The molecule has 2 heterocycles. The summed E-state index contributed by atoms with van der Waals surface area (Å²) in [5, 5.41) is 15.5. The minimum atomic E-state index is -3.73. The first-order chi connectivity index (χ1) is 20.3. The number of aliphatic carboxylic acids is 1. The van der Waals surface area contributed by atoms with Crippen molar-refractivity contribution in [3.8, 4) is 5.75 Å². The van der Waals surface area contributed by atoms with Gasteiger partial charge >= 0.3 is 5.97 Å². The van der Waals surface area contributed by atoms with Crippen molar-refractivity contribution in [3.05, 3.63) is 53.7 Å². The molecule has 2 saturated carbocycles. The third-order valence-electron chi connectivity index (χ3n) is 9.77. The van der Waals surface area contributed by atoms with Crippen molar-refractivity contribution in [2.24, 2.45) is 11.8 Å². The first kappa shape index (κ1) is 29.2. The summed E-state index contributed by atoms with van der Waals surface area (Å²) in [6, 6.07) is 13.0. The molecule has 42 heavy (non-hydrogen) atoms. The number of ether oxygens (including phenoxy) is 1. The molecule has 3 fully saturated rings. The number of carboxylic acid groups (broad SMARTS) is 1. The summed E-state index contributed by atoms with van der Waals surface area (Å²) in [6.45, 7) is 3.18. The van der Waals surface area contributed by atoms with Crippen molar-refractivity contribution < 1.29 is 23.1 Å². The van der Waals surface area contributed by atoms with Gasteiger partial charge in [-0.1, -0.05) is 57.1 Å². The fourth-order valence-corrected chi connectivity index (χ4v) is 9.17. The van der Waals surface area contributed by atoms with Crippen molar-refractivity contribution in [2.45, 2.75) is 94.4 Å². The second-order valence-electron chi connectivity index (χ2n) is 12.5. The summed E-state index contributed by atoms with van der Waals surface area (Å²) in [7, 11) is -3.73. The second kappa shape index (κ2) is 12.4. The Labute approximate surface area is 249 Å². The number of carboxylic acids is 1. The van der Waals surface area contributed by atoms with E-state index in [0.29, 0.717) is 43.0 Å². The van der Waals surface area contributed by atoms with Gasteiger partial charge in [0.05, 0.1) is 35.2 Å². The first-order valence-electron chi connectivity index (χ1n) is 15.8. The number of nitrogens with zero attached hydrogens (tertiary/aromatic N) is 3. The summed E-state index contributed by atoms with van der Waals surface area (Å²) in [5.74, 6) is 0.932. The smallest absolute Gasteiger partial charge is 0.309 e. The van der Waals surface area contributed by atoms with E-state index in [1.54, 1.807) is 28.6 Å². The monoisotopic (exact) mass is 593 g/mol. The van der Waals surface area contributed by atoms with Crippen molar-refractivity contribution in [1.29, 1.82) is 0 Å². The number of fused-ring (bicyclic) bond motifs is 1. The molecule has 2 aromatic carbocycles. The van der Waals surface area contributed by atoms with Gasteiger partial charge in [0.1, 0.15) is 5.75 Å². The zero-order chi connectivity index (χ0) is 29.3. The number of benzene rings is 2. The van der Waals surface area contributed by atoms with Gasteiger partial charge in [0.25, 0.3) is 0 Å². The lowest BCUT2D eigenvalue weighted by Gasteiger charge is -2.24. The SMILES string of the molecule is CCOc1ccc(S(=O)(=O)N2C[C@@H](CC3CCCC3)[C@@H](n3nc(CC(=O)O)c4ccc(C5CCCCC5)cc43)C2)cc1. The van der Waals surface area contributed by atoms with Crippen molar-refractivity contribution in [3.63, 3.8) is 0 Å². The molecule has 1 aliphatic heterocycles. The molecule has 2 aliphatic carbocycles. The van der Waals surface area contributed by atoms with Crippen molar-refractivity contribution in [2.75, 3.05) is 19.7 Å². The Morgan fingerprint density at radius 1 is 0.976 bits per heavy atom. The van der Waals surface area contributed by atoms with Crippen LogP contribution in [0.1, 0.15) is 94.3 Å². The van der Waals surface area contributed by atoms with Gasteiger partial charge in [-0.2, -0.15) is 9.40 Å². The maximum absolute atomic E-state index is 13.9. The van der Waals surface area contributed by atoms with E-state index >= 15 is 0 Å². The molecule has 3 aromatic rings. The number of sulfonamides is 1. The van der Waals surface area contributed by atoms with E-state index in [1.807, 2.05) is 11.6 Å². The number of rotatable bonds is 10. The van der Waals surface area contributed by atoms with Gasteiger partial charge in [-0.25, -0.2) is 8.42 Å². The van der Waals surface area contributed by atoms with Gasteiger partial charge in [-0.05, 0) is 79.8 Å². The molecule has 2 atom stereocenters. The van der Waals surface area contributed by atoms with Crippen LogP contribution in [0.4, 0.5) is 0 Å². The lowest BCUT2D eigenvalue weighted by Crippen LogP contribution is -2.29. The van der Waals surface area contributed by atoms with E-state index in [4.69, 9.17) is 9.84 Å². The quantitative estimate of drug-likeness (QED) is 0.286. The van der Waals surface area contributed by atoms with Gasteiger partial charge in [-0.3, -0.25) is 9.48 Å². The van der Waals surface area contributed by atoms with Gasteiger partial charge in [-0.15, -0.1) is 0 Å². The Kier molecular flexibility index (Phi) is 8.59. The molecule has 1 N–H and O–H groups in total. The number of aromatic nitrogens is 2. The van der Waals surface area contributed by atoms with E-state index in [1.165, 1.54) is 63.4 Å². The Morgan fingerprint density at radius 3 is 2.38 bits per heavy atom. The van der Waals surface area contributed by atoms with E-state index in [2.05, 4.69) is 18.2 Å². The molecule has 8 nitrogen and oxygen atoms in total. The topological polar surface area (TPSA) is 102 Å². The molecule has 0 bridgehead atoms. The van der Waals surface area contributed by atoms with Crippen LogP contribution in [0.25, 0.3) is 10.9 Å². The minimum Gasteiger partial charge on any atom is -0.494 e. The fraction of sp³-hybridized carbons (Fsp3) is 0.576. The van der Waals surface area contributed by atoms with Crippen molar-refractivity contribution >= 4 is 26.9 Å². The predicted octanol–water partition coefficient (Wildman–Crippen LogP) is 6.55. The fourth-order valence-electron chi connectivity index (χ4n) is 7.65. The molecule has 3 aliphatic rings. The van der Waals surface area contributed by atoms with Gasteiger partial charge in [0.15, 0.2) is 0 Å². The molecule has 0 radical (unpaired) electrons. The van der Waals surface area contributed by atoms with E-state index in [-0.39, 0.29) is 23.3 Å². The zero-order valence-electron chi connectivity index (χ0n) is 24.6. The van der Waals surface area contributed by atoms with Crippen LogP contribution in [0.3, 0.4) is 0 Å². The molecular weight excluding hydrogens is 550 g/mol. The minimum absolute atomic E-state index is 0.102. The average Bonchev–Trinajstić information content (AvgIpc) is 3.74. The summed E-state index contributed by atoms with van der Waals surface area (Å²) in [4.78, 5) is 12.1. The van der Waals surface area contributed by atoms with Crippen LogP contribution in [0, 0.1) is 11.8 Å². The standard InChI is InChI=1S/C33H43N3O5S/c1-2-41-27-13-15-28(16-14-27)42(39,40)35-21-26(18-23-8-6-7-9-23)32(22-35)36-31-19-25(24-10-4-3-5-11-24)12-17-29(31)30(34-36)20-33(37)38/h12-17,19,23-24,26,32H,2-11,18,20-22H2,1H3,(H,37,38)/t26-,32+/m1/s1. The second-order valence-corrected chi connectivity index (χ2v) is 14.5. The Hall–Kier alpha value is -2.91. The molecular formula is C33H43N3O5S. The highest BCUT2D eigenvalue weighted by Crippen LogP contribution is 2.42. The third kappa shape index (κ3) is 5.95. The maximum atomic E-state index is 13.9. The molecule has 1 saturated heterocycles. The predicted molar refractivity (Wildman–Crippen MR) is 162 cm³/mol. The van der Waals surface area contributed by atoms with Crippen molar-refractivity contribution in [1.82, 2.24) is 14.1 Å². The lowest BCUT2D eigenvalue weighted by molar-refractivity contribution is -0.136. The lowest BCUT2D eigenvalue weighted by atomic mass is 9.84. The Bertz CT molecular complexity index is 1500. The van der Waals surface area contributed by atoms with Gasteiger partial charge in [0, 0.05) is 18.5 Å². The number of hydrogen-bond donors (Lipinski definition) is 1. The summed E-state index contributed by atoms with van der Waals surface area (Å²) < 4.78 is 37.0. The number of hydrogen-bond acceptors (Lipinski definition) is 5. The van der Waals surface area contributed by atoms with Crippen LogP contribution in [-0.2, 0) is 21.2 Å². The zero-order valence-corrected chi connectivity index (χ0v) is 25.4. The van der Waals surface area contributed by atoms with Gasteiger partial charge < -0.3 is 9.84 Å². The van der Waals surface area contributed by atoms with Crippen LogP contribution in [-0.4, -0.2) is 53.3 Å². The van der Waals surface area contributed by atoms with Crippen LogP contribution in [0.15, 0.2) is 47.4 Å². The highest BCUT2D eigenvalue weighted by molar-refractivity contribution is 7.89. The van der Waals surface area contributed by atoms with E-state index in [9.17, 15) is 18.3 Å². The summed E-state index contributed by atoms with van der Waals surface area (Å²) >= 11 is 0. The van der Waals surface area contributed by atoms with Crippen LogP contribution >= 0.6 is 0 Å². The molecule has 0 amide bonds. The summed E-state index contributed by atoms with van der Waals surface area (Å²) in [5.41, 5.74) is 2.78. The van der Waals surface area contributed by atoms with Gasteiger partial charge in [0.2, 0.25) is 10.0 Å². The normalized spacial score (nSPS) is 22.7. The first-order valence-corrected chi connectivity index (χ1v) is 17.2. The van der Waals surface area contributed by atoms with Crippen LogP contribution < -0.4 is 4.74 Å². The molecule has 9 heteroatoms. The van der Waals surface area contributed by atoms with Crippen LogP contribution in [0.2, 0.25) is 0 Å². The molecule has 226 valence electrons. The van der Waals surface area contributed by atoms with E-state index in [0.717, 1.165) is 17.3 Å². The molecule has 1 aromatic heterocycles. The Balaban J connectivity index is 1.38.